The lowest BCUT2D eigenvalue weighted by molar-refractivity contribution is 0.0391. The minimum absolute atomic E-state index is 0.509. The zero-order valence-electron chi connectivity index (χ0n) is 18.3. The molecule has 2 N–H and O–H groups in total. The highest BCUT2D eigenvalue weighted by molar-refractivity contribution is 7.86. The van der Waals surface area contributed by atoms with Gasteiger partial charge in [-0.15, -0.1) is 0 Å². The summed E-state index contributed by atoms with van der Waals surface area (Å²) in [5.74, 6) is -2.79. The molecule has 2 aromatic carbocycles. The van der Waals surface area contributed by atoms with Crippen LogP contribution in [0.2, 0.25) is 0 Å². The van der Waals surface area contributed by atoms with E-state index in [0.717, 1.165) is 49.9 Å². The molecule has 0 atom stereocenters. The van der Waals surface area contributed by atoms with Crippen LogP contribution in [-0.4, -0.2) is 37.9 Å². The van der Waals surface area contributed by atoms with Gasteiger partial charge in [-0.05, 0) is 61.1 Å². The topological polar surface area (TPSA) is 152 Å². The fourth-order valence-electron chi connectivity index (χ4n) is 3.16. The van der Waals surface area contributed by atoms with Crippen molar-refractivity contribution in [3.63, 3.8) is 0 Å². The van der Waals surface area contributed by atoms with Crippen LogP contribution in [0.5, 0.6) is 0 Å². The number of rotatable bonds is 10. The van der Waals surface area contributed by atoms with Gasteiger partial charge in [-0.25, -0.2) is 9.59 Å². The molecular weight excluding hydrogens is 472 g/mol. The number of esters is 2. The molecule has 0 bridgehead atoms. The monoisotopic (exact) mass is 498 g/mol. The third kappa shape index (κ3) is 7.19. The van der Waals surface area contributed by atoms with Gasteiger partial charge in [0.25, 0.3) is 20.2 Å². The van der Waals surface area contributed by atoms with E-state index in [1.165, 1.54) is 12.1 Å². The van der Waals surface area contributed by atoms with Crippen molar-refractivity contribution < 1.29 is 40.3 Å². The van der Waals surface area contributed by atoms with E-state index in [0.29, 0.717) is 24.0 Å². The summed E-state index contributed by atoms with van der Waals surface area (Å²) in [4.78, 5) is 23.7. The molecule has 0 aromatic heterocycles. The zero-order chi connectivity index (χ0) is 24.8. The first-order valence-corrected chi connectivity index (χ1v) is 13.2. The third-order valence-electron chi connectivity index (χ3n) is 4.91. The van der Waals surface area contributed by atoms with Gasteiger partial charge in [-0.2, -0.15) is 16.8 Å². The highest BCUT2D eigenvalue weighted by Gasteiger charge is 2.27. The Labute approximate surface area is 193 Å². The normalized spacial score (nSPS) is 11.9. The highest BCUT2D eigenvalue weighted by atomic mass is 32.2. The minimum atomic E-state index is -4.82. The molecule has 0 spiro atoms. The number of benzene rings is 2. The number of hydrogen-bond donors (Lipinski definition) is 2. The molecule has 180 valence electrons. The first-order chi connectivity index (χ1) is 15.4. The van der Waals surface area contributed by atoms with Gasteiger partial charge in [-0.3, -0.25) is 9.11 Å². The highest BCUT2D eigenvalue weighted by Crippen LogP contribution is 2.23. The molecule has 0 heterocycles. The van der Waals surface area contributed by atoms with Crippen LogP contribution in [0.4, 0.5) is 0 Å². The Morgan fingerprint density at radius 2 is 1.09 bits per heavy atom. The van der Waals surface area contributed by atoms with E-state index < -0.39 is 53.1 Å². The van der Waals surface area contributed by atoms with E-state index in [4.69, 9.17) is 4.74 Å². The molecule has 0 aliphatic carbocycles. The van der Waals surface area contributed by atoms with Gasteiger partial charge in [0, 0.05) is 0 Å². The summed E-state index contributed by atoms with van der Waals surface area (Å²) >= 11 is 0. The molecule has 0 unspecified atom stereocenters. The lowest BCUT2D eigenvalue weighted by atomic mass is 10.1. The van der Waals surface area contributed by atoms with Crippen LogP contribution < -0.4 is 0 Å². The molecule has 9 nitrogen and oxygen atoms in total. The summed E-state index contributed by atoms with van der Waals surface area (Å²) in [6.45, 7) is 3.89. The van der Waals surface area contributed by atoms with E-state index >= 15 is 0 Å². The summed E-state index contributed by atoms with van der Waals surface area (Å²) in [6, 6.07) is 7.41. The van der Waals surface area contributed by atoms with Crippen molar-refractivity contribution in [2.75, 3.05) is 0 Å². The number of ether oxygens (including phenoxy) is 1. The van der Waals surface area contributed by atoms with Crippen molar-refractivity contribution >= 4 is 32.2 Å². The second-order valence-electron chi connectivity index (χ2n) is 7.50. The van der Waals surface area contributed by atoms with Gasteiger partial charge in [0.1, 0.15) is 9.79 Å². The van der Waals surface area contributed by atoms with Crippen LogP contribution in [0.25, 0.3) is 0 Å². The maximum atomic E-state index is 12.6. The first-order valence-electron chi connectivity index (χ1n) is 10.4. The predicted molar refractivity (Wildman–Crippen MR) is 119 cm³/mol. The van der Waals surface area contributed by atoms with E-state index in [-0.39, 0.29) is 0 Å². The number of carbonyl (C=O) groups is 2. The van der Waals surface area contributed by atoms with Crippen molar-refractivity contribution in [2.45, 2.75) is 62.2 Å². The molecule has 33 heavy (non-hydrogen) atoms. The standard InChI is InChI=1S/C22H26O9S2/c1-3-5-7-15-9-11-17(19(13-15)32(25,26)27)21(23)31-22(24)18-12-10-16(8-6-4-2)14-20(18)33(28,29)30/h9-14H,3-8H2,1-2H3,(H,25,26,27)(H,28,29,30). The molecular formula is C22H26O9S2. The molecule has 11 heteroatoms. The summed E-state index contributed by atoms with van der Waals surface area (Å²) in [5.41, 5.74) is -0.0505. The van der Waals surface area contributed by atoms with Gasteiger partial charge in [-0.1, -0.05) is 38.8 Å². The van der Waals surface area contributed by atoms with Crippen LogP contribution in [-0.2, 0) is 37.8 Å². The summed E-state index contributed by atoms with van der Waals surface area (Å²) < 4.78 is 71.0. The van der Waals surface area contributed by atoms with Crippen LogP contribution in [0.1, 0.15) is 71.4 Å². The van der Waals surface area contributed by atoms with E-state index in [2.05, 4.69) is 0 Å². The van der Waals surface area contributed by atoms with Gasteiger partial charge in [0.05, 0.1) is 11.1 Å². The Morgan fingerprint density at radius 1 is 0.727 bits per heavy atom. The Kier molecular flexibility index (Phi) is 8.89. The van der Waals surface area contributed by atoms with Gasteiger partial charge >= 0.3 is 11.9 Å². The van der Waals surface area contributed by atoms with Crippen molar-refractivity contribution in [3.05, 3.63) is 58.7 Å². The van der Waals surface area contributed by atoms with Crippen LogP contribution in [0, 0.1) is 0 Å². The van der Waals surface area contributed by atoms with Crippen molar-refractivity contribution in [2.24, 2.45) is 0 Å². The van der Waals surface area contributed by atoms with E-state index in [1.807, 2.05) is 13.8 Å². The molecule has 0 aliphatic rings. The largest absolute Gasteiger partial charge is 0.386 e. The molecule has 0 saturated heterocycles. The maximum Gasteiger partial charge on any atom is 0.347 e. The Balaban J connectivity index is 2.40. The first kappa shape index (κ1) is 26.7. The fourth-order valence-corrected chi connectivity index (χ4v) is 4.62. The Morgan fingerprint density at radius 3 is 1.39 bits per heavy atom. The van der Waals surface area contributed by atoms with Crippen LogP contribution in [0.15, 0.2) is 46.2 Å². The lowest BCUT2D eigenvalue weighted by Gasteiger charge is -2.11. The average Bonchev–Trinajstić information content (AvgIpc) is 2.74. The second-order valence-corrected chi connectivity index (χ2v) is 10.3. The smallest absolute Gasteiger partial charge is 0.347 e. The van der Waals surface area contributed by atoms with Crippen molar-refractivity contribution in [1.82, 2.24) is 0 Å². The Bertz CT molecular complexity index is 1150. The third-order valence-corrected chi connectivity index (χ3v) is 6.70. The van der Waals surface area contributed by atoms with Gasteiger partial charge in [0.15, 0.2) is 0 Å². The fraction of sp³-hybridized carbons (Fsp3) is 0.364. The van der Waals surface area contributed by atoms with Gasteiger partial charge < -0.3 is 4.74 Å². The number of carbonyl (C=O) groups excluding carboxylic acids is 2. The quantitative estimate of drug-likeness (QED) is 0.282. The second kappa shape index (κ2) is 11.0. The number of aryl methyl sites for hydroxylation is 2. The molecule has 0 saturated carbocycles. The van der Waals surface area contributed by atoms with E-state index in [9.17, 15) is 35.5 Å². The van der Waals surface area contributed by atoms with Crippen molar-refractivity contribution in [1.29, 1.82) is 0 Å². The zero-order valence-corrected chi connectivity index (χ0v) is 19.9. The summed E-state index contributed by atoms with van der Waals surface area (Å²) in [6.07, 6.45) is 4.20. The van der Waals surface area contributed by atoms with Crippen molar-refractivity contribution in [3.8, 4) is 0 Å². The summed E-state index contributed by atoms with van der Waals surface area (Å²) in [5, 5.41) is 0. The molecule has 0 amide bonds. The molecule has 2 aromatic rings. The van der Waals surface area contributed by atoms with E-state index in [1.54, 1.807) is 0 Å². The molecule has 0 fully saturated rings. The number of unbranched alkanes of at least 4 members (excludes halogenated alkanes) is 2. The Hall–Kier alpha value is -2.60. The average molecular weight is 499 g/mol. The number of hydrogen-bond acceptors (Lipinski definition) is 7. The molecule has 2 rings (SSSR count). The summed E-state index contributed by atoms with van der Waals surface area (Å²) in [7, 11) is -9.64. The predicted octanol–water partition coefficient (Wildman–Crippen LogP) is 3.86. The SMILES string of the molecule is CCCCc1ccc(C(=O)OC(=O)c2ccc(CCCC)cc2S(=O)(=O)O)c(S(=O)(=O)O)c1. The lowest BCUT2D eigenvalue weighted by Crippen LogP contribution is -2.18. The van der Waals surface area contributed by atoms with Crippen LogP contribution in [0.3, 0.4) is 0 Å². The maximum absolute atomic E-state index is 12.6. The molecule has 0 radical (unpaired) electrons. The van der Waals surface area contributed by atoms with Crippen LogP contribution >= 0.6 is 0 Å². The van der Waals surface area contributed by atoms with Gasteiger partial charge in [0.2, 0.25) is 0 Å². The minimum Gasteiger partial charge on any atom is -0.386 e. The molecule has 0 aliphatic heterocycles.